The van der Waals surface area contributed by atoms with Crippen molar-refractivity contribution in [2.24, 2.45) is 11.8 Å². The fourth-order valence-electron chi connectivity index (χ4n) is 3.41. The van der Waals surface area contributed by atoms with Crippen LogP contribution in [0.5, 0.6) is 17.2 Å². The van der Waals surface area contributed by atoms with Gasteiger partial charge in [0.15, 0.2) is 11.5 Å². The van der Waals surface area contributed by atoms with Crippen LogP contribution in [0.4, 0.5) is 0 Å². The predicted octanol–water partition coefficient (Wildman–Crippen LogP) is 3.76. The third-order valence-electron chi connectivity index (χ3n) is 4.79. The summed E-state index contributed by atoms with van der Waals surface area (Å²) in [6.45, 7) is 4.43. The summed E-state index contributed by atoms with van der Waals surface area (Å²) in [6, 6.07) is 10.6. The molecule has 0 radical (unpaired) electrons. The Balaban J connectivity index is 2.15. The zero-order valence-electron chi connectivity index (χ0n) is 12.2. The summed E-state index contributed by atoms with van der Waals surface area (Å²) in [5.74, 6) is 1.20. The van der Waals surface area contributed by atoms with E-state index in [-0.39, 0.29) is 23.2 Å². The molecule has 0 aromatic heterocycles. The molecule has 3 atom stereocenters. The van der Waals surface area contributed by atoms with Crippen LogP contribution in [-0.4, -0.2) is 15.3 Å². The van der Waals surface area contributed by atoms with Crippen LogP contribution in [0.2, 0.25) is 0 Å². The minimum absolute atomic E-state index is 0.0556. The molecule has 0 saturated heterocycles. The lowest BCUT2D eigenvalue weighted by Gasteiger charge is -2.36. The van der Waals surface area contributed by atoms with Crippen LogP contribution in [0.15, 0.2) is 36.4 Å². The Morgan fingerprint density at radius 2 is 1.52 bits per heavy atom. The lowest BCUT2D eigenvalue weighted by molar-refractivity contribution is 0.322. The zero-order valence-corrected chi connectivity index (χ0v) is 12.2. The maximum atomic E-state index is 9.85. The van der Waals surface area contributed by atoms with Gasteiger partial charge in [0.1, 0.15) is 5.75 Å². The summed E-state index contributed by atoms with van der Waals surface area (Å²) in [7, 11) is 0. The molecule has 3 rings (SSSR count). The second-order valence-corrected chi connectivity index (χ2v) is 6.15. The van der Waals surface area contributed by atoms with Crippen molar-refractivity contribution in [3.63, 3.8) is 0 Å². The highest BCUT2D eigenvalue weighted by Crippen LogP contribution is 2.46. The third-order valence-corrected chi connectivity index (χ3v) is 4.79. The number of phenols is 3. The van der Waals surface area contributed by atoms with E-state index in [4.69, 9.17) is 0 Å². The fraction of sp³-hybridized carbons (Fsp3) is 0.333. The van der Waals surface area contributed by atoms with Crippen molar-refractivity contribution in [1.29, 1.82) is 0 Å². The molecule has 1 aliphatic rings. The molecule has 0 aliphatic heterocycles. The maximum Gasteiger partial charge on any atom is 0.157 e. The molecule has 0 heterocycles. The van der Waals surface area contributed by atoms with E-state index in [0.717, 1.165) is 23.1 Å². The summed E-state index contributed by atoms with van der Waals surface area (Å²) >= 11 is 0. The standard InChI is InChI=1S/C18H20O3/c1-10-7-13-8-16(20)17(21)9-15(13)18(11(10)2)12-3-5-14(19)6-4-12/h3-6,8-11,18-21H,7H2,1-2H3/t10-,11-,18-/m1/s1. The first-order valence-corrected chi connectivity index (χ1v) is 7.31. The van der Waals surface area contributed by atoms with Gasteiger partial charge in [0.2, 0.25) is 0 Å². The number of phenolic OH excluding ortho intramolecular Hbond substituents is 3. The van der Waals surface area contributed by atoms with Crippen LogP contribution in [-0.2, 0) is 6.42 Å². The molecule has 3 N–H and O–H groups in total. The van der Waals surface area contributed by atoms with E-state index in [0.29, 0.717) is 11.8 Å². The molecular formula is C18H20O3. The zero-order chi connectivity index (χ0) is 15.1. The maximum absolute atomic E-state index is 9.85. The number of aromatic hydroxyl groups is 3. The molecule has 0 spiro atoms. The molecule has 0 bridgehead atoms. The molecule has 2 aromatic rings. The number of hydrogen-bond acceptors (Lipinski definition) is 3. The Morgan fingerprint density at radius 1 is 0.905 bits per heavy atom. The second kappa shape index (κ2) is 4.99. The van der Waals surface area contributed by atoms with Crippen LogP contribution < -0.4 is 0 Å². The predicted molar refractivity (Wildman–Crippen MR) is 81.8 cm³/mol. The van der Waals surface area contributed by atoms with E-state index >= 15 is 0 Å². The van der Waals surface area contributed by atoms with Gasteiger partial charge < -0.3 is 15.3 Å². The van der Waals surface area contributed by atoms with Gasteiger partial charge in [-0.25, -0.2) is 0 Å². The van der Waals surface area contributed by atoms with E-state index in [2.05, 4.69) is 13.8 Å². The van der Waals surface area contributed by atoms with Gasteiger partial charge in [-0.15, -0.1) is 0 Å². The van der Waals surface area contributed by atoms with Gasteiger partial charge in [-0.1, -0.05) is 26.0 Å². The Labute approximate surface area is 124 Å². The molecule has 0 saturated carbocycles. The molecule has 0 fully saturated rings. The molecule has 3 heteroatoms. The third kappa shape index (κ3) is 2.33. The summed E-state index contributed by atoms with van der Waals surface area (Å²) < 4.78 is 0. The highest BCUT2D eigenvalue weighted by atomic mass is 16.3. The van der Waals surface area contributed by atoms with Crippen LogP contribution in [0.25, 0.3) is 0 Å². The van der Waals surface area contributed by atoms with Crippen molar-refractivity contribution in [2.45, 2.75) is 26.2 Å². The summed E-state index contributed by atoms with van der Waals surface area (Å²) in [6.07, 6.45) is 0.902. The van der Waals surface area contributed by atoms with Crippen LogP contribution >= 0.6 is 0 Å². The molecule has 0 amide bonds. The average Bonchev–Trinajstić information content (AvgIpc) is 2.44. The van der Waals surface area contributed by atoms with E-state index in [1.165, 1.54) is 0 Å². The van der Waals surface area contributed by atoms with Crippen LogP contribution in [0, 0.1) is 11.8 Å². The van der Waals surface area contributed by atoms with Gasteiger partial charge in [0, 0.05) is 5.92 Å². The smallest absolute Gasteiger partial charge is 0.157 e. The van der Waals surface area contributed by atoms with Crippen LogP contribution in [0.1, 0.15) is 36.5 Å². The Kier molecular flexibility index (Phi) is 3.28. The van der Waals surface area contributed by atoms with Gasteiger partial charge in [-0.3, -0.25) is 0 Å². The van der Waals surface area contributed by atoms with Gasteiger partial charge in [0.25, 0.3) is 0 Å². The molecule has 1 aliphatic carbocycles. The van der Waals surface area contributed by atoms with E-state index < -0.39 is 0 Å². The van der Waals surface area contributed by atoms with Gasteiger partial charge in [-0.05, 0) is 59.2 Å². The second-order valence-electron chi connectivity index (χ2n) is 6.15. The molecule has 0 unspecified atom stereocenters. The lowest BCUT2D eigenvalue weighted by atomic mass is 9.68. The van der Waals surface area contributed by atoms with Crippen molar-refractivity contribution in [3.05, 3.63) is 53.1 Å². The summed E-state index contributed by atoms with van der Waals surface area (Å²) in [5, 5.41) is 29.1. The summed E-state index contributed by atoms with van der Waals surface area (Å²) in [4.78, 5) is 0. The number of rotatable bonds is 1. The van der Waals surface area contributed by atoms with Gasteiger partial charge in [0.05, 0.1) is 0 Å². The average molecular weight is 284 g/mol. The first kappa shape index (κ1) is 13.8. The van der Waals surface area contributed by atoms with Gasteiger partial charge in [-0.2, -0.15) is 0 Å². The minimum Gasteiger partial charge on any atom is -0.508 e. The number of hydrogen-bond donors (Lipinski definition) is 3. The highest BCUT2D eigenvalue weighted by Gasteiger charge is 2.33. The molecule has 21 heavy (non-hydrogen) atoms. The monoisotopic (exact) mass is 284 g/mol. The van der Waals surface area contributed by atoms with Crippen molar-refractivity contribution in [2.75, 3.05) is 0 Å². The molecule has 3 nitrogen and oxygen atoms in total. The Morgan fingerprint density at radius 3 is 2.19 bits per heavy atom. The van der Waals surface area contributed by atoms with Crippen molar-refractivity contribution < 1.29 is 15.3 Å². The van der Waals surface area contributed by atoms with E-state index in [1.54, 1.807) is 24.3 Å². The molecular weight excluding hydrogens is 264 g/mol. The lowest BCUT2D eigenvalue weighted by Crippen LogP contribution is -2.26. The van der Waals surface area contributed by atoms with Crippen molar-refractivity contribution in [3.8, 4) is 17.2 Å². The van der Waals surface area contributed by atoms with Crippen molar-refractivity contribution >= 4 is 0 Å². The number of fused-ring (bicyclic) bond motifs is 1. The van der Waals surface area contributed by atoms with E-state index in [9.17, 15) is 15.3 Å². The van der Waals surface area contributed by atoms with Gasteiger partial charge >= 0.3 is 0 Å². The van der Waals surface area contributed by atoms with Crippen molar-refractivity contribution in [1.82, 2.24) is 0 Å². The quantitative estimate of drug-likeness (QED) is 0.699. The normalized spacial score (nSPS) is 24.6. The SMILES string of the molecule is C[C@H]1[C@H](c2ccc(O)cc2)c2cc(O)c(O)cc2C[C@H]1C. The molecule has 110 valence electrons. The largest absolute Gasteiger partial charge is 0.508 e. The van der Waals surface area contributed by atoms with Crippen LogP contribution in [0.3, 0.4) is 0 Å². The van der Waals surface area contributed by atoms with E-state index in [1.807, 2.05) is 12.1 Å². The Bertz CT molecular complexity index is 661. The highest BCUT2D eigenvalue weighted by molar-refractivity contribution is 5.51. The summed E-state index contributed by atoms with van der Waals surface area (Å²) in [5.41, 5.74) is 3.29. The molecule has 2 aromatic carbocycles. The first-order valence-electron chi connectivity index (χ1n) is 7.31. The minimum atomic E-state index is -0.0701. The Hall–Kier alpha value is -2.16. The number of benzene rings is 2. The fourth-order valence-corrected chi connectivity index (χ4v) is 3.41. The first-order chi connectivity index (χ1) is 9.97. The topological polar surface area (TPSA) is 60.7 Å².